The van der Waals surface area contributed by atoms with Crippen LogP contribution in [0.5, 0.6) is 0 Å². The van der Waals surface area contributed by atoms with Crippen molar-refractivity contribution in [1.82, 2.24) is 5.32 Å². The first-order valence-corrected chi connectivity index (χ1v) is 27.1. The van der Waals surface area contributed by atoms with Gasteiger partial charge in [-0.3, -0.25) is 24.0 Å². The van der Waals surface area contributed by atoms with E-state index in [9.17, 15) is 34.2 Å². The highest BCUT2D eigenvalue weighted by Gasteiger charge is 2.78. The molecule has 0 aromatic heterocycles. The highest BCUT2D eigenvalue weighted by atomic mass is 16.6. The van der Waals surface area contributed by atoms with Gasteiger partial charge >= 0.3 is 29.8 Å². The van der Waals surface area contributed by atoms with Gasteiger partial charge in [0.25, 0.3) is 5.91 Å². The van der Waals surface area contributed by atoms with Gasteiger partial charge in [0.2, 0.25) is 6.10 Å². The van der Waals surface area contributed by atoms with E-state index in [1.807, 2.05) is 34.6 Å². The third-order valence-corrected chi connectivity index (χ3v) is 16.5. The van der Waals surface area contributed by atoms with E-state index in [1.54, 1.807) is 92.7 Å². The van der Waals surface area contributed by atoms with Gasteiger partial charge in [-0.05, 0) is 102 Å². The van der Waals surface area contributed by atoms with E-state index in [1.165, 1.54) is 26.0 Å². The predicted octanol–water partition coefficient (Wildman–Crippen LogP) is 7.46. The van der Waals surface area contributed by atoms with Crippen LogP contribution in [0, 0.1) is 16.7 Å². The van der Waals surface area contributed by atoms with Crippen LogP contribution >= 0.6 is 0 Å². The van der Waals surface area contributed by atoms with E-state index in [0.717, 1.165) is 20.3 Å². The SMILES string of the molecule is CCCOC(C)(C)CCOC(C)(C)CCC(=O)OC(C(=O)OC1CC2(O)C(OC(=O)c3ccccc3)C3C4(OC(C)=O)COC4CC(O)C3(C)C(=O)C(OC(C)=O)C(=C1C)C2(C)C)C(NC(=O)c1ccccc1)c1ccccc1. The summed E-state index contributed by atoms with van der Waals surface area (Å²) in [5, 5.41) is 29.2. The number of amides is 1. The Hall–Kier alpha value is -6.31. The molecule has 428 valence electrons. The van der Waals surface area contributed by atoms with Crippen LogP contribution in [0.15, 0.2) is 102 Å². The van der Waals surface area contributed by atoms with Crippen LogP contribution in [-0.2, 0) is 61.9 Å². The number of carbonyl (C=O) groups excluding carboxylic acids is 7. The third-order valence-electron chi connectivity index (χ3n) is 16.5. The lowest BCUT2D eigenvalue weighted by molar-refractivity contribution is -0.346. The summed E-state index contributed by atoms with van der Waals surface area (Å²) in [6, 6.07) is 23.0. The highest BCUT2D eigenvalue weighted by molar-refractivity contribution is 5.96. The fraction of sp³-hybridized carbons (Fsp3) is 0.557. The molecule has 2 bridgehead atoms. The van der Waals surface area contributed by atoms with Gasteiger partial charge in [-0.1, -0.05) is 87.5 Å². The zero-order valence-corrected chi connectivity index (χ0v) is 47.2. The lowest BCUT2D eigenvalue weighted by atomic mass is 9.44. The summed E-state index contributed by atoms with van der Waals surface area (Å²) >= 11 is 0. The molecule has 79 heavy (non-hydrogen) atoms. The molecule has 3 N–H and O–H groups in total. The van der Waals surface area contributed by atoms with Gasteiger partial charge < -0.3 is 53.4 Å². The van der Waals surface area contributed by atoms with Gasteiger partial charge in [0.15, 0.2) is 17.5 Å². The molecule has 11 atom stereocenters. The molecule has 18 nitrogen and oxygen atoms in total. The minimum Gasteiger partial charge on any atom is -0.455 e. The Morgan fingerprint density at radius 2 is 1.37 bits per heavy atom. The van der Waals surface area contributed by atoms with E-state index >= 15 is 9.59 Å². The zero-order valence-electron chi connectivity index (χ0n) is 47.2. The molecule has 1 amide bonds. The van der Waals surface area contributed by atoms with Crippen molar-refractivity contribution in [2.45, 2.75) is 180 Å². The molecule has 0 spiro atoms. The van der Waals surface area contributed by atoms with Gasteiger partial charge in [0, 0.05) is 50.7 Å². The van der Waals surface area contributed by atoms with Crippen molar-refractivity contribution in [2.75, 3.05) is 19.8 Å². The first kappa shape index (κ1) is 60.3. The molecule has 11 unspecified atom stereocenters. The molecule has 18 heteroatoms. The molecule has 4 aliphatic rings. The number of hydrogen-bond acceptors (Lipinski definition) is 17. The Morgan fingerprint density at radius 3 is 1.94 bits per heavy atom. The van der Waals surface area contributed by atoms with Crippen molar-refractivity contribution < 1.29 is 81.7 Å². The minimum absolute atomic E-state index is 0.0338. The zero-order chi connectivity index (χ0) is 57.9. The topological polar surface area (TPSA) is 246 Å². The van der Waals surface area contributed by atoms with Gasteiger partial charge in [-0.2, -0.15) is 0 Å². The number of aliphatic hydroxyl groups excluding tert-OH is 1. The van der Waals surface area contributed by atoms with Crippen LogP contribution < -0.4 is 5.32 Å². The maximum Gasteiger partial charge on any atom is 0.350 e. The lowest BCUT2D eigenvalue weighted by Crippen LogP contribution is -2.82. The van der Waals surface area contributed by atoms with Crippen LogP contribution in [0.1, 0.15) is 147 Å². The number of rotatable bonds is 21. The molecule has 3 fully saturated rings. The van der Waals surface area contributed by atoms with Crippen LogP contribution in [0.25, 0.3) is 0 Å². The van der Waals surface area contributed by atoms with Crippen molar-refractivity contribution in [3.63, 3.8) is 0 Å². The number of ether oxygens (including phenoxy) is 8. The smallest absolute Gasteiger partial charge is 0.350 e. The van der Waals surface area contributed by atoms with Crippen molar-refractivity contribution in [2.24, 2.45) is 16.7 Å². The monoisotopic (exact) mass is 1100 g/mol. The summed E-state index contributed by atoms with van der Waals surface area (Å²) in [5.41, 5.74) is -8.70. The molecular weight excluding hydrogens is 1020 g/mol. The molecular formula is C61H77NO17. The van der Waals surface area contributed by atoms with Gasteiger partial charge in [-0.25, -0.2) is 9.59 Å². The summed E-state index contributed by atoms with van der Waals surface area (Å²) in [7, 11) is 0. The number of carbonyl (C=O) groups is 7. The Labute approximate surface area is 462 Å². The molecule has 2 saturated carbocycles. The molecule has 1 saturated heterocycles. The van der Waals surface area contributed by atoms with Crippen LogP contribution in [0.2, 0.25) is 0 Å². The molecule has 1 aliphatic heterocycles. The summed E-state index contributed by atoms with van der Waals surface area (Å²) < 4.78 is 49.5. The Morgan fingerprint density at radius 1 is 0.785 bits per heavy atom. The van der Waals surface area contributed by atoms with E-state index in [0.29, 0.717) is 25.2 Å². The number of fused-ring (bicyclic) bond motifs is 5. The van der Waals surface area contributed by atoms with E-state index < -0.39 is 130 Å². The fourth-order valence-electron chi connectivity index (χ4n) is 12.0. The van der Waals surface area contributed by atoms with Crippen molar-refractivity contribution in [3.8, 4) is 0 Å². The van der Waals surface area contributed by atoms with E-state index in [-0.39, 0.29) is 48.1 Å². The summed E-state index contributed by atoms with van der Waals surface area (Å²) in [6.45, 7) is 18.5. The van der Waals surface area contributed by atoms with Gasteiger partial charge in [0.1, 0.15) is 30.0 Å². The van der Waals surface area contributed by atoms with Crippen LogP contribution in [0.4, 0.5) is 0 Å². The molecule has 3 aromatic rings. The lowest BCUT2D eigenvalue weighted by Gasteiger charge is -2.67. The molecule has 7 rings (SSSR count). The highest BCUT2D eigenvalue weighted by Crippen LogP contribution is 2.64. The third kappa shape index (κ3) is 12.4. The Kier molecular flexibility index (Phi) is 18.2. The second kappa shape index (κ2) is 23.8. The van der Waals surface area contributed by atoms with Crippen molar-refractivity contribution in [1.29, 1.82) is 0 Å². The van der Waals surface area contributed by atoms with Crippen molar-refractivity contribution in [3.05, 3.63) is 119 Å². The summed E-state index contributed by atoms with van der Waals surface area (Å²) in [6.07, 6.45) is -9.44. The standard InChI is InChI=1S/C61H77NO17/c1-12-31-73-57(7,8)30-32-74-56(5,6)29-28-45(66)77-49(47(39-22-16-13-17-23-39)62-53(68)40-24-18-14-19-25-40)55(70)76-42-34-61(71)52(78-54(69)41-26-20-15-21-27-41)50-59(11,43(65)33-44-60(50,35-72-44)79-38(4)64)51(67)48(75-37(3)63)46(36(42)2)58(61,9)10/h13-27,42-44,47-50,52,65,71H,12,28-35H2,1-11H3,(H,62,68). The van der Waals surface area contributed by atoms with Gasteiger partial charge in [0.05, 0.1) is 47.4 Å². The minimum atomic E-state index is -2.47. The maximum absolute atomic E-state index is 15.8. The molecule has 1 heterocycles. The van der Waals surface area contributed by atoms with E-state index in [4.69, 9.17) is 37.9 Å². The summed E-state index contributed by atoms with van der Waals surface area (Å²) in [5.74, 6) is -7.83. The summed E-state index contributed by atoms with van der Waals surface area (Å²) in [4.78, 5) is 101. The van der Waals surface area contributed by atoms with E-state index in [2.05, 4.69) is 5.32 Å². The predicted molar refractivity (Wildman–Crippen MR) is 286 cm³/mol. The number of esters is 5. The quantitative estimate of drug-likeness (QED) is 0.0532. The number of benzene rings is 3. The maximum atomic E-state index is 15.8. The molecule has 3 aliphatic carbocycles. The number of aliphatic hydroxyl groups is 2. The first-order valence-electron chi connectivity index (χ1n) is 27.1. The number of ketones is 1. The molecule has 3 aromatic carbocycles. The molecule has 0 radical (unpaired) electrons. The average Bonchev–Trinajstić information content (AvgIpc) is 3.22. The van der Waals surface area contributed by atoms with Crippen LogP contribution in [0.3, 0.4) is 0 Å². The van der Waals surface area contributed by atoms with Crippen LogP contribution in [-0.4, -0.2) is 131 Å². The second-order valence-corrected chi connectivity index (χ2v) is 23.3. The Bertz CT molecular complexity index is 2760. The normalized spacial score (nSPS) is 27.9. The number of Topliss-reactive ketones (excluding diaryl/α,β-unsaturated/α-hetero) is 1. The Balaban J connectivity index is 1.35. The average molecular weight is 1100 g/mol. The fourth-order valence-corrected chi connectivity index (χ4v) is 12.0. The first-order chi connectivity index (χ1) is 37.1. The largest absolute Gasteiger partial charge is 0.455 e. The van der Waals surface area contributed by atoms with Crippen molar-refractivity contribution >= 4 is 41.5 Å². The number of hydrogen-bond donors (Lipinski definition) is 3. The number of nitrogens with one attached hydrogen (secondary N) is 1. The van der Waals surface area contributed by atoms with Gasteiger partial charge in [-0.15, -0.1) is 0 Å². The second-order valence-electron chi connectivity index (χ2n) is 23.3.